The Hall–Kier alpha value is -3.27. The maximum atomic E-state index is 12.4. The first-order valence-corrected chi connectivity index (χ1v) is 9.90. The fourth-order valence-electron chi connectivity index (χ4n) is 2.62. The van der Waals surface area contributed by atoms with Crippen LogP contribution in [-0.2, 0) is 0 Å². The molecule has 0 radical (unpaired) electrons. The highest BCUT2D eigenvalue weighted by atomic mass is 35.5. The molecule has 1 N–H and O–H groups in total. The molecule has 4 rings (SSSR count). The van der Waals surface area contributed by atoms with E-state index in [0.29, 0.717) is 31.5 Å². The zero-order valence-corrected chi connectivity index (χ0v) is 17.2. The number of hydrazone groups is 1. The van der Waals surface area contributed by atoms with E-state index in [9.17, 15) is 14.9 Å². The molecule has 0 aliphatic rings. The largest absolute Gasteiger partial charge is 0.421 e. The van der Waals surface area contributed by atoms with E-state index >= 15 is 0 Å². The number of nitrogens with zero attached hydrogens (tertiary/aromatic N) is 3. The molecule has 30 heavy (non-hydrogen) atoms. The van der Waals surface area contributed by atoms with Crippen LogP contribution in [0.4, 0.5) is 10.8 Å². The molecule has 2 aromatic heterocycles. The lowest BCUT2D eigenvalue weighted by molar-refractivity contribution is -0.384. The molecule has 0 aliphatic heterocycles. The molecule has 0 unspecified atom stereocenters. The van der Waals surface area contributed by atoms with Crippen LogP contribution in [0.25, 0.3) is 21.4 Å². The highest BCUT2D eigenvalue weighted by Crippen LogP contribution is 2.32. The molecule has 0 bridgehead atoms. The average Bonchev–Trinajstić information content (AvgIpc) is 3.17. The summed E-state index contributed by atoms with van der Waals surface area (Å²) in [6.07, 6.45) is 3.03. The summed E-state index contributed by atoms with van der Waals surface area (Å²) in [4.78, 5) is 27.3. The zero-order valence-electron chi connectivity index (χ0n) is 14.8. The molecule has 0 amide bonds. The van der Waals surface area contributed by atoms with E-state index in [0.717, 1.165) is 0 Å². The monoisotopic (exact) mass is 460 g/mol. The summed E-state index contributed by atoms with van der Waals surface area (Å²) in [5.74, 6) is 0. The lowest BCUT2D eigenvalue weighted by Gasteiger charge is -2.02. The van der Waals surface area contributed by atoms with Crippen molar-refractivity contribution in [2.45, 2.75) is 0 Å². The Bertz CT molecular complexity index is 1350. The SMILES string of the molecule is O=c1oc2c(Cl)cc(Cl)cc2cc1-c1cnc(N/N=C\c2ccc([N+](=O)[O-])cc2)s1. The van der Waals surface area contributed by atoms with E-state index in [-0.39, 0.29) is 16.3 Å². The first kappa shape index (κ1) is 20.0. The molecular formula is C19H10Cl2N4O4S. The van der Waals surface area contributed by atoms with E-state index in [2.05, 4.69) is 15.5 Å². The van der Waals surface area contributed by atoms with Crippen molar-refractivity contribution in [3.05, 3.63) is 84.8 Å². The minimum atomic E-state index is -0.545. The minimum Gasteiger partial charge on any atom is -0.421 e. The Kier molecular flexibility index (Phi) is 5.49. The van der Waals surface area contributed by atoms with Gasteiger partial charge in [0, 0.05) is 28.7 Å². The van der Waals surface area contributed by atoms with Gasteiger partial charge in [0.05, 0.1) is 26.6 Å². The van der Waals surface area contributed by atoms with Crippen LogP contribution in [0.2, 0.25) is 10.0 Å². The highest BCUT2D eigenvalue weighted by Gasteiger charge is 2.13. The lowest BCUT2D eigenvalue weighted by Crippen LogP contribution is -2.01. The minimum absolute atomic E-state index is 0.00136. The van der Waals surface area contributed by atoms with Gasteiger partial charge in [-0.15, -0.1) is 0 Å². The number of rotatable bonds is 5. The molecule has 0 aliphatic carbocycles. The summed E-state index contributed by atoms with van der Waals surface area (Å²) >= 11 is 13.3. The molecule has 0 saturated carbocycles. The molecule has 11 heteroatoms. The number of hydrogen-bond acceptors (Lipinski definition) is 8. The Morgan fingerprint density at radius 2 is 1.97 bits per heavy atom. The van der Waals surface area contributed by atoms with Crippen LogP contribution in [0.5, 0.6) is 0 Å². The predicted octanol–water partition coefficient (Wildman–Crippen LogP) is 5.58. The number of anilines is 1. The van der Waals surface area contributed by atoms with E-state index in [1.54, 1.807) is 24.3 Å². The Balaban J connectivity index is 1.55. The van der Waals surface area contributed by atoms with Gasteiger partial charge in [-0.3, -0.25) is 15.5 Å². The van der Waals surface area contributed by atoms with Crippen LogP contribution in [0, 0.1) is 10.1 Å². The van der Waals surface area contributed by atoms with Crippen LogP contribution in [0.15, 0.2) is 63.0 Å². The molecule has 0 fully saturated rings. The summed E-state index contributed by atoms with van der Waals surface area (Å²) in [5, 5.41) is 16.5. The van der Waals surface area contributed by atoms with Crippen LogP contribution >= 0.6 is 34.5 Å². The third-order valence-electron chi connectivity index (χ3n) is 4.00. The summed E-state index contributed by atoms with van der Waals surface area (Å²) in [5.41, 5.74) is 3.49. The summed E-state index contributed by atoms with van der Waals surface area (Å²) < 4.78 is 5.34. The molecule has 4 aromatic rings. The van der Waals surface area contributed by atoms with Crippen molar-refractivity contribution in [1.82, 2.24) is 4.98 Å². The first-order valence-electron chi connectivity index (χ1n) is 8.33. The van der Waals surface area contributed by atoms with Gasteiger partial charge in [0.1, 0.15) is 0 Å². The zero-order chi connectivity index (χ0) is 21.3. The van der Waals surface area contributed by atoms with E-state index in [4.69, 9.17) is 27.6 Å². The van der Waals surface area contributed by atoms with Gasteiger partial charge in [-0.25, -0.2) is 9.78 Å². The summed E-state index contributed by atoms with van der Waals surface area (Å²) in [7, 11) is 0. The van der Waals surface area contributed by atoms with Crippen molar-refractivity contribution in [2.75, 3.05) is 5.43 Å². The Morgan fingerprint density at radius 1 is 1.20 bits per heavy atom. The number of benzene rings is 2. The highest BCUT2D eigenvalue weighted by molar-refractivity contribution is 7.18. The average molecular weight is 461 g/mol. The van der Waals surface area contributed by atoms with E-state index in [1.165, 1.54) is 41.9 Å². The van der Waals surface area contributed by atoms with Gasteiger partial charge in [0.2, 0.25) is 5.13 Å². The fourth-order valence-corrected chi connectivity index (χ4v) is 3.94. The Labute approximate surface area is 182 Å². The van der Waals surface area contributed by atoms with E-state index in [1.807, 2.05) is 0 Å². The number of nitro benzene ring substituents is 1. The smallest absolute Gasteiger partial charge is 0.345 e. The van der Waals surface area contributed by atoms with Gasteiger partial charge in [-0.2, -0.15) is 5.10 Å². The van der Waals surface area contributed by atoms with E-state index < -0.39 is 10.5 Å². The van der Waals surface area contributed by atoms with Crippen molar-refractivity contribution in [3.8, 4) is 10.4 Å². The quantitative estimate of drug-likeness (QED) is 0.180. The number of hydrogen-bond donors (Lipinski definition) is 1. The first-order chi connectivity index (χ1) is 14.4. The van der Waals surface area contributed by atoms with Crippen LogP contribution < -0.4 is 11.1 Å². The lowest BCUT2D eigenvalue weighted by atomic mass is 10.1. The fraction of sp³-hybridized carbons (Fsp3) is 0. The van der Waals surface area contributed by atoms with Crippen molar-refractivity contribution in [3.63, 3.8) is 0 Å². The van der Waals surface area contributed by atoms with Gasteiger partial charge in [-0.1, -0.05) is 34.5 Å². The van der Waals surface area contributed by atoms with Crippen LogP contribution in [-0.4, -0.2) is 16.1 Å². The van der Waals surface area contributed by atoms with Crippen LogP contribution in [0.3, 0.4) is 0 Å². The molecule has 150 valence electrons. The summed E-state index contributed by atoms with van der Waals surface area (Å²) in [6, 6.07) is 10.7. The van der Waals surface area contributed by atoms with Gasteiger partial charge < -0.3 is 4.42 Å². The molecule has 0 atom stereocenters. The summed E-state index contributed by atoms with van der Waals surface area (Å²) in [6.45, 7) is 0. The normalized spacial score (nSPS) is 11.3. The number of aromatic nitrogens is 1. The maximum Gasteiger partial charge on any atom is 0.345 e. The number of non-ortho nitro benzene ring substituents is 1. The van der Waals surface area contributed by atoms with Gasteiger partial charge >= 0.3 is 5.63 Å². The van der Waals surface area contributed by atoms with Crippen molar-refractivity contribution < 1.29 is 9.34 Å². The van der Waals surface area contributed by atoms with Crippen LogP contribution in [0.1, 0.15) is 5.56 Å². The van der Waals surface area contributed by atoms with Crippen molar-refractivity contribution in [1.29, 1.82) is 0 Å². The topological polar surface area (TPSA) is 111 Å². The molecular weight excluding hydrogens is 451 g/mol. The molecule has 0 spiro atoms. The third kappa shape index (κ3) is 4.18. The molecule has 8 nitrogen and oxygen atoms in total. The van der Waals surface area contributed by atoms with Crippen molar-refractivity contribution in [2.24, 2.45) is 5.10 Å². The standard InChI is InChI=1S/C19H10Cl2N4O4S/c20-12-5-11-6-14(18(26)29-17(11)15(21)7-12)16-9-22-19(30-16)24-23-8-10-1-3-13(4-2-10)25(27)28/h1-9H,(H,22,24)/b23-8-. The number of fused-ring (bicyclic) bond motifs is 1. The number of nitrogens with one attached hydrogen (secondary N) is 1. The second-order valence-corrected chi connectivity index (χ2v) is 7.88. The predicted molar refractivity (Wildman–Crippen MR) is 118 cm³/mol. The second-order valence-electron chi connectivity index (χ2n) is 6.00. The van der Waals surface area contributed by atoms with Gasteiger partial charge in [0.25, 0.3) is 5.69 Å². The molecule has 2 heterocycles. The van der Waals surface area contributed by atoms with Gasteiger partial charge in [0.15, 0.2) is 5.58 Å². The number of halogens is 2. The molecule has 2 aromatic carbocycles. The number of nitro groups is 1. The number of thiazole rings is 1. The van der Waals surface area contributed by atoms with Crippen molar-refractivity contribution >= 4 is 62.5 Å². The van der Waals surface area contributed by atoms with Gasteiger partial charge in [-0.05, 0) is 35.9 Å². The third-order valence-corrected chi connectivity index (χ3v) is 5.43. The Morgan fingerprint density at radius 3 is 2.70 bits per heavy atom. The maximum absolute atomic E-state index is 12.4. The second kappa shape index (κ2) is 8.23. The molecule has 0 saturated heterocycles.